The molecular formula is C26H30N4O3S. The first-order chi connectivity index (χ1) is 16.4. The van der Waals surface area contributed by atoms with Crippen LogP contribution < -0.4 is 15.8 Å². The third kappa shape index (κ3) is 5.14. The molecule has 5 N–H and O–H groups in total. The van der Waals surface area contributed by atoms with Gasteiger partial charge in [0.1, 0.15) is 6.04 Å². The van der Waals surface area contributed by atoms with Crippen LogP contribution in [0.2, 0.25) is 0 Å². The number of aryl methyl sites for hydroxylation is 1. The smallest absolute Gasteiger partial charge is 0.241 e. The van der Waals surface area contributed by atoms with E-state index in [2.05, 4.69) is 15.0 Å². The second kappa shape index (κ2) is 10.4. The molecule has 0 spiro atoms. The first-order valence-corrected chi connectivity index (χ1v) is 12.9. The number of amides is 1. The first-order valence-electron chi connectivity index (χ1n) is 11.4. The number of aromatic amines is 1. The van der Waals surface area contributed by atoms with E-state index in [0.717, 1.165) is 27.4 Å². The van der Waals surface area contributed by atoms with E-state index in [4.69, 9.17) is 5.73 Å². The average Bonchev–Trinajstić information content (AvgIpc) is 3.25. The van der Waals surface area contributed by atoms with E-state index >= 15 is 0 Å². The van der Waals surface area contributed by atoms with Crippen LogP contribution in [0.15, 0.2) is 71.8 Å². The van der Waals surface area contributed by atoms with Crippen molar-refractivity contribution in [2.24, 2.45) is 5.73 Å². The highest BCUT2D eigenvalue weighted by Gasteiger charge is 2.26. The van der Waals surface area contributed by atoms with E-state index in [0.29, 0.717) is 37.7 Å². The lowest BCUT2D eigenvalue weighted by Crippen LogP contribution is -2.47. The molecular weight excluding hydrogens is 448 g/mol. The van der Waals surface area contributed by atoms with Crippen LogP contribution in [0.4, 0.5) is 0 Å². The molecule has 0 aliphatic rings. The van der Waals surface area contributed by atoms with Crippen LogP contribution in [-0.2, 0) is 21.2 Å². The number of fused-ring (bicyclic) bond motifs is 2. The van der Waals surface area contributed by atoms with Gasteiger partial charge < -0.3 is 16.0 Å². The van der Waals surface area contributed by atoms with Gasteiger partial charge in [0.25, 0.3) is 0 Å². The van der Waals surface area contributed by atoms with Crippen molar-refractivity contribution in [1.29, 1.82) is 0 Å². The Morgan fingerprint density at radius 3 is 2.47 bits per heavy atom. The van der Waals surface area contributed by atoms with Crippen LogP contribution >= 0.6 is 0 Å². The number of nitrogens with two attached hydrogens (primary N) is 1. The second-order valence-corrected chi connectivity index (χ2v) is 10.1. The molecule has 7 nitrogen and oxygen atoms in total. The van der Waals surface area contributed by atoms with Crippen LogP contribution in [0.5, 0.6) is 0 Å². The van der Waals surface area contributed by atoms with E-state index in [-0.39, 0.29) is 10.8 Å². The predicted molar refractivity (Wildman–Crippen MR) is 136 cm³/mol. The third-order valence-corrected chi connectivity index (χ3v) is 7.60. The van der Waals surface area contributed by atoms with Gasteiger partial charge in [-0.25, -0.2) is 8.42 Å². The molecule has 1 aromatic heterocycles. The number of rotatable bonds is 10. The van der Waals surface area contributed by atoms with Crippen LogP contribution in [0.1, 0.15) is 24.0 Å². The SMILES string of the molecule is Cc1ccc(S(=O)(=O)N[C@@H](CCCN)C(=O)NCCc2c[nH]c3ccccc23)c2ccccc12. The summed E-state index contributed by atoms with van der Waals surface area (Å²) in [5.74, 6) is -0.353. The topological polar surface area (TPSA) is 117 Å². The van der Waals surface area contributed by atoms with Crippen molar-refractivity contribution in [2.45, 2.75) is 37.1 Å². The molecule has 1 amide bonds. The normalized spacial score (nSPS) is 12.8. The number of hydrogen-bond donors (Lipinski definition) is 4. The summed E-state index contributed by atoms with van der Waals surface area (Å²) in [5.41, 5.74) is 8.78. The van der Waals surface area contributed by atoms with E-state index < -0.39 is 16.1 Å². The van der Waals surface area contributed by atoms with Crippen molar-refractivity contribution in [1.82, 2.24) is 15.0 Å². The highest BCUT2D eigenvalue weighted by Crippen LogP contribution is 2.26. The highest BCUT2D eigenvalue weighted by atomic mass is 32.2. The van der Waals surface area contributed by atoms with Crippen molar-refractivity contribution in [3.8, 4) is 0 Å². The number of benzene rings is 3. The number of carbonyl (C=O) groups is 1. The molecule has 1 heterocycles. The second-order valence-electron chi connectivity index (χ2n) is 8.43. The van der Waals surface area contributed by atoms with Crippen molar-refractivity contribution < 1.29 is 13.2 Å². The minimum Gasteiger partial charge on any atom is -0.361 e. The molecule has 34 heavy (non-hydrogen) atoms. The standard InChI is InChI=1S/C26H30N4O3S/c1-18-12-13-25(22-9-3-2-7-20(18)22)34(32,33)30-24(11-6-15-27)26(31)28-16-14-19-17-29-23-10-5-4-8-21(19)23/h2-5,7-10,12-13,17,24,29-30H,6,11,14-16,27H2,1H3,(H,28,31)/t24-/m0/s1. The van der Waals surface area contributed by atoms with E-state index in [1.54, 1.807) is 18.2 Å². The zero-order chi connectivity index (χ0) is 24.1. The number of aromatic nitrogens is 1. The molecule has 0 fully saturated rings. The fraction of sp³-hybridized carbons (Fsp3) is 0.269. The first kappa shape index (κ1) is 23.9. The molecule has 4 aromatic rings. The highest BCUT2D eigenvalue weighted by molar-refractivity contribution is 7.89. The van der Waals surface area contributed by atoms with Gasteiger partial charge in [0.2, 0.25) is 15.9 Å². The Labute approximate surface area is 199 Å². The zero-order valence-corrected chi connectivity index (χ0v) is 20.0. The lowest BCUT2D eigenvalue weighted by atomic mass is 10.1. The van der Waals surface area contributed by atoms with E-state index in [1.165, 1.54) is 0 Å². The molecule has 0 aliphatic heterocycles. The molecule has 8 heteroatoms. The third-order valence-electron chi connectivity index (χ3n) is 6.07. The van der Waals surface area contributed by atoms with Crippen LogP contribution in [0.3, 0.4) is 0 Å². The fourth-order valence-electron chi connectivity index (χ4n) is 4.25. The summed E-state index contributed by atoms with van der Waals surface area (Å²) in [6, 6.07) is 17.8. The Kier molecular flexibility index (Phi) is 7.31. The van der Waals surface area contributed by atoms with Crippen LogP contribution in [0.25, 0.3) is 21.7 Å². The molecule has 0 saturated carbocycles. The molecule has 0 radical (unpaired) electrons. The number of hydrogen-bond acceptors (Lipinski definition) is 4. The summed E-state index contributed by atoms with van der Waals surface area (Å²) in [5, 5.41) is 5.51. The molecule has 3 aromatic carbocycles. The number of carbonyl (C=O) groups excluding carboxylic acids is 1. The average molecular weight is 479 g/mol. The van der Waals surface area contributed by atoms with Crippen LogP contribution in [0, 0.1) is 6.92 Å². The van der Waals surface area contributed by atoms with Gasteiger partial charge in [-0.2, -0.15) is 4.72 Å². The number of H-pyrrole nitrogens is 1. The Morgan fingerprint density at radius 2 is 1.71 bits per heavy atom. The maximum Gasteiger partial charge on any atom is 0.241 e. The van der Waals surface area contributed by atoms with Gasteiger partial charge >= 0.3 is 0 Å². The van der Waals surface area contributed by atoms with Gasteiger partial charge in [-0.15, -0.1) is 0 Å². The number of sulfonamides is 1. The molecule has 0 bridgehead atoms. The zero-order valence-electron chi connectivity index (χ0n) is 19.2. The summed E-state index contributed by atoms with van der Waals surface area (Å²) >= 11 is 0. The van der Waals surface area contributed by atoms with Gasteiger partial charge in [0.15, 0.2) is 0 Å². The molecule has 0 unspecified atom stereocenters. The van der Waals surface area contributed by atoms with E-state index in [9.17, 15) is 13.2 Å². The molecule has 0 aliphatic carbocycles. The summed E-state index contributed by atoms with van der Waals surface area (Å²) in [4.78, 5) is 16.4. The maximum atomic E-state index is 13.3. The fourth-order valence-corrected chi connectivity index (χ4v) is 5.70. The Morgan fingerprint density at radius 1 is 1.00 bits per heavy atom. The predicted octanol–water partition coefficient (Wildman–Crippen LogP) is 3.37. The lowest BCUT2D eigenvalue weighted by Gasteiger charge is -2.19. The Bertz CT molecular complexity index is 1410. The summed E-state index contributed by atoms with van der Waals surface area (Å²) < 4.78 is 29.3. The Balaban J connectivity index is 1.49. The lowest BCUT2D eigenvalue weighted by molar-refractivity contribution is -0.122. The minimum absolute atomic E-state index is 0.165. The maximum absolute atomic E-state index is 13.3. The van der Waals surface area contributed by atoms with Crippen LogP contribution in [-0.4, -0.2) is 38.4 Å². The number of nitrogens with one attached hydrogen (secondary N) is 3. The van der Waals surface area contributed by atoms with Gasteiger partial charge in [0.05, 0.1) is 4.90 Å². The quantitative estimate of drug-likeness (QED) is 0.280. The van der Waals surface area contributed by atoms with Crippen molar-refractivity contribution in [3.05, 3.63) is 78.0 Å². The van der Waals surface area contributed by atoms with Gasteiger partial charge in [-0.1, -0.05) is 48.5 Å². The molecule has 4 rings (SSSR count). The molecule has 0 saturated heterocycles. The van der Waals surface area contributed by atoms with Crippen molar-refractivity contribution >= 4 is 37.6 Å². The number of para-hydroxylation sites is 1. The monoisotopic (exact) mass is 478 g/mol. The minimum atomic E-state index is -3.93. The van der Waals surface area contributed by atoms with E-state index in [1.807, 2.05) is 55.6 Å². The van der Waals surface area contributed by atoms with Crippen molar-refractivity contribution in [2.75, 3.05) is 13.1 Å². The van der Waals surface area contributed by atoms with Gasteiger partial charge in [-0.05, 0) is 61.4 Å². The molecule has 178 valence electrons. The van der Waals surface area contributed by atoms with Gasteiger partial charge in [-0.3, -0.25) is 4.79 Å². The van der Waals surface area contributed by atoms with Crippen molar-refractivity contribution in [3.63, 3.8) is 0 Å². The largest absolute Gasteiger partial charge is 0.361 e. The summed E-state index contributed by atoms with van der Waals surface area (Å²) in [6.07, 6.45) is 3.42. The summed E-state index contributed by atoms with van der Waals surface area (Å²) in [6.45, 7) is 2.71. The van der Waals surface area contributed by atoms with Gasteiger partial charge in [0, 0.05) is 29.0 Å². The summed E-state index contributed by atoms with van der Waals surface area (Å²) in [7, 11) is -3.93. The molecule has 1 atom stereocenters. The Hall–Kier alpha value is -3.20.